The van der Waals surface area contributed by atoms with E-state index in [-0.39, 0.29) is 16.5 Å². The largest absolute Gasteiger partial charge is 0.507 e. The molecule has 4 aromatic carbocycles. The Morgan fingerprint density at radius 1 is 0.957 bits per heavy atom. The van der Waals surface area contributed by atoms with E-state index in [0.29, 0.717) is 44.3 Å². The van der Waals surface area contributed by atoms with E-state index in [0.717, 1.165) is 15.6 Å². The summed E-state index contributed by atoms with van der Waals surface area (Å²) in [6.45, 7) is 0.319. The van der Waals surface area contributed by atoms with Crippen molar-refractivity contribution in [3.05, 3.63) is 134 Å². The number of halogens is 2. The zero-order chi connectivity index (χ0) is 32.2. The van der Waals surface area contributed by atoms with Crippen LogP contribution in [0, 0.1) is 0 Å². The van der Waals surface area contributed by atoms with Gasteiger partial charge in [-0.25, -0.2) is 0 Å². The maximum Gasteiger partial charge on any atom is 0.301 e. The summed E-state index contributed by atoms with van der Waals surface area (Å²) in [6, 6.07) is 28.2. The molecule has 6 rings (SSSR count). The lowest BCUT2D eigenvalue weighted by atomic mass is 9.95. The van der Waals surface area contributed by atoms with E-state index in [9.17, 15) is 14.7 Å². The van der Waals surface area contributed by atoms with Gasteiger partial charge in [0.15, 0.2) is 15.8 Å². The first-order valence-electron chi connectivity index (χ1n) is 13.9. The third kappa shape index (κ3) is 6.82. The molecule has 1 aromatic heterocycles. The van der Waals surface area contributed by atoms with Crippen molar-refractivity contribution in [3.8, 4) is 11.5 Å². The van der Waals surface area contributed by atoms with Crippen LogP contribution in [0.5, 0.6) is 11.5 Å². The normalized spacial score (nSPS) is 15.7. The number of Topliss-reactive ketones (excluding diaryl/α,β-unsaturated/α-hetero) is 1. The number of benzene rings is 4. The molecule has 5 aromatic rings. The van der Waals surface area contributed by atoms with Crippen LogP contribution in [0.4, 0.5) is 5.13 Å². The van der Waals surface area contributed by atoms with Gasteiger partial charge >= 0.3 is 5.91 Å². The van der Waals surface area contributed by atoms with Crippen LogP contribution >= 0.6 is 50.6 Å². The Labute approximate surface area is 286 Å². The van der Waals surface area contributed by atoms with Crippen LogP contribution in [0.1, 0.15) is 28.3 Å². The zero-order valence-electron chi connectivity index (χ0n) is 24.2. The fourth-order valence-electron chi connectivity index (χ4n) is 4.90. The lowest BCUT2D eigenvalue weighted by Gasteiger charge is -2.23. The Balaban J connectivity index is 1.37. The Morgan fingerprint density at radius 3 is 2.41 bits per heavy atom. The molecule has 1 N–H and O–H groups in total. The quantitative estimate of drug-likeness (QED) is 0.0502. The van der Waals surface area contributed by atoms with E-state index in [4.69, 9.17) is 21.1 Å². The average molecular weight is 735 g/mol. The molecule has 0 spiro atoms. The molecule has 1 fully saturated rings. The number of rotatable bonds is 10. The molecule has 1 saturated heterocycles. The Hall–Kier alpha value is -4.16. The van der Waals surface area contributed by atoms with Crippen molar-refractivity contribution in [1.29, 1.82) is 0 Å². The third-order valence-electron chi connectivity index (χ3n) is 7.18. The van der Waals surface area contributed by atoms with E-state index < -0.39 is 17.7 Å². The number of nitrogens with zero attached hydrogens (tertiary/aromatic N) is 3. The van der Waals surface area contributed by atoms with Crippen molar-refractivity contribution in [2.75, 3.05) is 12.0 Å². The van der Waals surface area contributed by atoms with Crippen LogP contribution in [0.2, 0.25) is 5.02 Å². The summed E-state index contributed by atoms with van der Waals surface area (Å²) in [7, 11) is 1.52. The topological polar surface area (TPSA) is 102 Å². The van der Waals surface area contributed by atoms with Crippen LogP contribution in [0.3, 0.4) is 0 Å². The smallest absolute Gasteiger partial charge is 0.301 e. The molecule has 232 valence electrons. The van der Waals surface area contributed by atoms with Crippen molar-refractivity contribution in [1.82, 2.24) is 10.2 Å². The van der Waals surface area contributed by atoms with Gasteiger partial charge in [0.05, 0.1) is 18.7 Å². The number of aromatic nitrogens is 2. The van der Waals surface area contributed by atoms with Gasteiger partial charge in [0.1, 0.15) is 12.4 Å². The van der Waals surface area contributed by atoms with Crippen LogP contribution in [0.25, 0.3) is 5.76 Å². The molecule has 1 unspecified atom stereocenters. The molecule has 0 aliphatic carbocycles. The van der Waals surface area contributed by atoms with E-state index >= 15 is 0 Å². The van der Waals surface area contributed by atoms with Gasteiger partial charge in [-0.15, -0.1) is 10.2 Å². The number of amides is 1. The summed E-state index contributed by atoms with van der Waals surface area (Å²) >= 11 is 12.0. The Bertz CT molecular complexity index is 1920. The lowest BCUT2D eigenvalue weighted by Crippen LogP contribution is -2.29. The van der Waals surface area contributed by atoms with Gasteiger partial charge in [-0.05, 0) is 53.1 Å². The van der Waals surface area contributed by atoms with Crippen LogP contribution < -0.4 is 14.4 Å². The number of carbonyl (C=O) groups excluding carboxylic acids is 2. The molecule has 0 saturated carbocycles. The monoisotopic (exact) mass is 733 g/mol. The van der Waals surface area contributed by atoms with Gasteiger partial charge in [0.2, 0.25) is 5.13 Å². The number of ether oxygens (including phenoxy) is 2. The lowest BCUT2D eigenvalue weighted by molar-refractivity contribution is -0.132. The number of ketones is 1. The van der Waals surface area contributed by atoms with Crippen molar-refractivity contribution >= 4 is 73.2 Å². The number of aliphatic hydroxyl groups is 1. The van der Waals surface area contributed by atoms with Crippen molar-refractivity contribution in [2.24, 2.45) is 0 Å². The minimum Gasteiger partial charge on any atom is -0.507 e. The molecule has 2 heterocycles. The van der Waals surface area contributed by atoms with Gasteiger partial charge in [0, 0.05) is 20.8 Å². The highest BCUT2D eigenvalue weighted by molar-refractivity contribution is 9.10. The van der Waals surface area contributed by atoms with Gasteiger partial charge in [0.25, 0.3) is 5.78 Å². The third-order valence-corrected chi connectivity index (χ3v) is 10.1. The molecule has 1 atom stereocenters. The maximum atomic E-state index is 13.7. The van der Waals surface area contributed by atoms with Gasteiger partial charge in [-0.1, -0.05) is 111 Å². The molecule has 46 heavy (non-hydrogen) atoms. The molecule has 12 heteroatoms. The highest BCUT2D eigenvalue weighted by Crippen LogP contribution is 2.45. The van der Waals surface area contributed by atoms with Gasteiger partial charge in [-0.3, -0.25) is 14.5 Å². The van der Waals surface area contributed by atoms with Crippen molar-refractivity contribution in [2.45, 2.75) is 22.7 Å². The van der Waals surface area contributed by atoms with Crippen LogP contribution in [-0.2, 0) is 21.9 Å². The van der Waals surface area contributed by atoms with Crippen LogP contribution in [-0.4, -0.2) is 34.1 Å². The Morgan fingerprint density at radius 2 is 1.70 bits per heavy atom. The first kappa shape index (κ1) is 31.8. The van der Waals surface area contributed by atoms with Gasteiger partial charge in [-0.2, -0.15) is 0 Å². The second-order valence-electron chi connectivity index (χ2n) is 10.1. The summed E-state index contributed by atoms with van der Waals surface area (Å²) in [4.78, 5) is 28.6. The van der Waals surface area contributed by atoms with E-state index in [1.807, 2.05) is 54.6 Å². The summed E-state index contributed by atoms with van der Waals surface area (Å²) in [5, 5.41) is 21.0. The number of carbonyl (C=O) groups is 2. The highest BCUT2D eigenvalue weighted by atomic mass is 79.9. The summed E-state index contributed by atoms with van der Waals surface area (Å²) < 4.78 is 13.1. The molecule has 1 amide bonds. The minimum absolute atomic E-state index is 0.0714. The van der Waals surface area contributed by atoms with E-state index in [1.54, 1.807) is 42.5 Å². The average Bonchev–Trinajstić information content (AvgIpc) is 3.65. The number of hydrogen-bond acceptors (Lipinski definition) is 9. The number of aliphatic hydroxyl groups excluding tert-OH is 1. The highest BCUT2D eigenvalue weighted by Gasteiger charge is 2.48. The fourth-order valence-corrected chi connectivity index (χ4v) is 7.11. The number of thioether (sulfide) groups is 1. The first-order valence-corrected chi connectivity index (χ1v) is 16.9. The number of anilines is 1. The zero-order valence-corrected chi connectivity index (χ0v) is 28.2. The second kappa shape index (κ2) is 14.1. The van der Waals surface area contributed by atoms with Crippen LogP contribution in [0.15, 0.2) is 111 Å². The first-order chi connectivity index (χ1) is 22.3. The molecule has 0 bridgehead atoms. The SMILES string of the molecule is COc1cc(C2/C(=C(/O)c3ccc(Br)cc3)C(=O)C(=O)N2c2nnc(SCc3ccc(Cl)cc3)s2)ccc1OCc1ccccc1. The predicted molar refractivity (Wildman–Crippen MR) is 184 cm³/mol. The second-order valence-corrected chi connectivity index (χ2v) is 13.7. The van der Waals surface area contributed by atoms with E-state index in [2.05, 4.69) is 26.1 Å². The molecule has 0 radical (unpaired) electrons. The summed E-state index contributed by atoms with van der Waals surface area (Å²) in [5.74, 6) is -0.463. The molecular formula is C34H25BrClN3O5S2. The standard InChI is InChI=1S/C34H25BrClN3O5S2/c1-43-27-17-23(11-16-26(27)44-18-20-5-3-2-4-6-20)29-28(30(40)22-9-12-24(35)13-10-22)31(41)32(42)39(29)33-37-38-34(46-33)45-19-21-7-14-25(36)15-8-21/h2-17,29,40H,18-19H2,1H3/b30-28-. The molecular weight excluding hydrogens is 710 g/mol. The minimum atomic E-state index is -1.01. The van der Waals surface area contributed by atoms with E-state index in [1.165, 1.54) is 35.1 Å². The molecule has 1 aliphatic rings. The summed E-state index contributed by atoms with van der Waals surface area (Å²) in [5.41, 5.74) is 2.86. The summed E-state index contributed by atoms with van der Waals surface area (Å²) in [6.07, 6.45) is 0. The number of methoxy groups -OCH3 is 1. The Kier molecular flexibility index (Phi) is 9.74. The molecule has 1 aliphatic heterocycles. The van der Waals surface area contributed by atoms with Crippen molar-refractivity contribution < 1.29 is 24.2 Å². The molecule has 8 nitrogen and oxygen atoms in total. The predicted octanol–water partition coefficient (Wildman–Crippen LogP) is 8.46. The van der Waals surface area contributed by atoms with Crippen molar-refractivity contribution in [3.63, 3.8) is 0 Å². The fraction of sp³-hybridized carbons (Fsp3) is 0.118. The number of hydrogen-bond donors (Lipinski definition) is 1. The maximum absolute atomic E-state index is 13.7. The van der Waals surface area contributed by atoms with Gasteiger partial charge < -0.3 is 14.6 Å².